The van der Waals surface area contributed by atoms with Crippen LogP contribution in [0.15, 0.2) is 0 Å². The number of aliphatic hydroxyl groups is 1. The lowest BCUT2D eigenvalue weighted by Gasteiger charge is -2.32. The van der Waals surface area contributed by atoms with Crippen LogP contribution in [0.25, 0.3) is 0 Å². The van der Waals surface area contributed by atoms with Crippen molar-refractivity contribution in [3.63, 3.8) is 0 Å². The smallest absolute Gasteiger partial charge is 0.0655 e. The molecule has 2 atom stereocenters. The summed E-state index contributed by atoms with van der Waals surface area (Å²) in [5, 5.41) is 9.61. The Morgan fingerprint density at radius 3 is 2.58 bits per heavy atom. The standard InChI is InChI=1S/C10H18O2/c1-8(11)10(5-6-10)9-4-2-3-7-12-9/h8-9,11H,2-7H2,1H3. The minimum absolute atomic E-state index is 0.153. The Balaban J connectivity index is 1.97. The number of hydrogen-bond donors (Lipinski definition) is 1. The fraction of sp³-hybridized carbons (Fsp3) is 1.00. The minimum atomic E-state index is -0.180. The van der Waals surface area contributed by atoms with Crippen LogP contribution in [0, 0.1) is 5.41 Å². The zero-order valence-corrected chi connectivity index (χ0v) is 7.75. The van der Waals surface area contributed by atoms with Crippen LogP contribution in [0.2, 0.25) is 0 Å². The maximum atomic E-state index is 9.61. The number of hydrogen-bond acceptors (Lipinski definition) is 2. The van der Waals surface area contributed by atoms with Gasteiger partial charge in [0.2, 0.25) is 0 Å². The van der Waals surface area contributed by atoms with Gasteiger partial charge in [-0.2, -0.15) is 0 Å². The van der Waals surface area contributed by atoms with Gasteiger partial charge in [-0.25, -0.2) is 0 Å². The van der Waals surface area contributed by atoms with Gasteiger partial charge in [0.05, 0.1) is 12.2 Å². The second kappa shape index (κ2) is 3.00. The van der Waals surface area contributed by atoms with Crippen molar-refractivity contribution in [2.75, 3.05) is 6.61 Å². The summed E-state index contributed by atoms with van der Waals surface area (Å²) in [6.07, 6.45) is 6.13. The molecular formula is C10H18O2. The van der Waals surface area contributed by atoms with Crippen LogP contribution < -0.4 is 0 Å². The molecular weight excluding hydrogens is 152 g/mol. The third-order valence-electron chi connectivity index (χ3n) is 3.48. The highest BCUT2D eigenvalue weighted by atomic mass is 16.5. The van der Waals surface area contributed by atoms with Gasteiger partial charge in [0.1, 0.15) is 0 Å². The van der Waals surface area contributed by atoms with Crippen molar-refractivity contribution in [3.05, 3.63) is 0 Å². The molecule has 1 heterocycles. The lowest BCUT2D eigenvalue weighted by atomic mass is 9.88. The third kappa shape index (κ3) is 1.27. The van der Waals surface area contributed by atoms with Gasteiger partial charge in [0.15, 0.2) is 0 Å². The molecule has 2 unspecified atom stereocenters. The minimum Gasteiger partial charge on any atom is -0.393 e. The second-order valence-corrected chi connectivity index (χ2v) is 4.26. The Morgan fingerprint density at radius 2 is 2.17 bits per heavy atom. The molecule has 1 saturated heterocycles. The molecule has 0 bridgehead atoms. The highest BCUT2D eigenvalue weighted by Crippen LogP contribution is 2.54. The van der Waals surface area contributed by atoms with Crippen LogP contribution in [0.1, 0.15) is 39.0 Å². The molecule has 0 spiro atoms. The monoisotopic (exact) mass is 170 g/mol. The Kier molecular flexibility index (Phi) is 2.13. The lowest BCUT2D eigenvalue weighted by Crippen LogP contribution is -2.36. The van der Waals surface area contributed by atoms with Crippen LogP contribution in [-0.4, -0.2) is 23.9 Å². The molecule has 1 aliphatic carbocycles. The number of ether oxygens (including phenoxy) is 1. The van der Waals surface area contributed by atoms with Crippen molar-refractivity contribution in [1.29, 1.82) is 0 Å². The molecule has 0 aromatic rings. The number of rotatable bonds is 2. The van der Waals surface area contributed by atoms with Crippen molar-refractivity contribution in [2.45, 2.75) is 51.2 Å². The molecule has 1 aliphatic heterocycles. The first-order valence-electron chi connectivity index (χ1n) is 5.05. The predicted molar refractivity (Wildman–Crippen MR) is 46.9 cm³/mol. The molecule has 2 heteroatoms. The van der Waals surface area contributed by atoms with E-state index in [4.69, 9.17) is 4.74 Å². The van der Waals surface area contributed by atoms with Gasteiger partial charge in [-0.05, 0) is 39.0 Å². The Hall–Kier alpha value is -0.0800. The van der Waals surface area contributed by atoms with E-state index in [1.807, 2.05) is 6.92 Å². The van der Waals surface area contributed by atoms with Gasteiger partial charge in [-0.3, -0.25) is 0 Å². The molecule has 1 N–H and O–H groups in total. The normalized spacial score (nSPS) is 36.0. The van der Waals surface area contributed by atoms with E-state index in [1.54, 1.807) is 0 Å². The molecule has 0 aromatic carbocycles. The van der Waals surface area contributed by atoms with E-state index in [2.05, 4.69) is 0 Å². The van der Waals surface area contributed by atoms with Gasteiger partial charge in [-0.15, -0.1) is 0 Å². The average molecular weight is 170 g/mol. The first-order chi connectivity index (χ1) is 5.76. The largest absolute Gasteiger partial charge is 0.393 e. The summed E-state index contributed by atoms with van der Waals surface area (Å²) in [4.78, 5) is 0. The molecule has 0 amide bonds. The topological polar surface area (TPSA) is 29.5 Å². The van der Waals surface area contributed by atoms with Crippen molar-refractivity contribution in [3.8, 4) is 0 Å². The van der Waals surface area contributed by atoms with Crippen molar-refractivity contribution >= 4 is 0 Å². The maximum Gasteiger partial charge on any atom is 0.0655 e. The van der Waals surface area contributed by atoms with Crippen LogP contribution in [0.5, 0.6) is 0 Å². The average Bonchev–Trinajstić information content (AvgIpc) is 2.86. The SMILES string of the molecule is CC(O)C1(C2CCCCO2)CC1. The molecule has 2 fully saturated rings. The van der Waals surface area contributed by atoms with Gasteiger partial charge in [-0.1, -0.05) is 0 Å². The molecule has 0 aromatic heterocycles. The van der Waals surface area contributed by atoms with E-state index in [1.165, 1.54) is 12.8 Å². The highest BCUT2D eigenvalue weighted by molar-refractivity contribution is 5.03. The second-order valence-electron chi connectivity index (χ2n) is 4.26. The van der Waals surface area contributed by atoms with E-state index in [0.29, 0.717) is 6.10 Å². The molecule has 70 valence electrons. The van der Waals surface area contributed by atoms with Crippen LogP contribution in [-0.2, 0) is 4.74 Å². The molecule has 2 aliphatic rings. The summed E-state index contributed by atoms with van der Waals surface area (Å²) in [5.74, 6) is 0. The summed E-state index contributed by atoms with van der Waals surface area (Å²) in [6, 6.07) is 0. The summed E-state index contributed by atoms with van der Waals surface area (Å²) in [6.45, 7) is 2.81. The third-order valence-corrected chi connectivity index (χ3v) is 3.48. The van der Waals surface area contributed by atoms with E-state index in [-0.39, 0.29) is 11.5 Å². The zero-order valence-electron chi connectivity index (χ0n) is 7.75. The Labute approximate surface area is 73.9 Å². The quantitative estimate of drug-likeness (QED) is 0.683. The molecule has 1 saturated carbocycles. The maximum absolute atomic E-state index is 9.61. The van der Waals surface area contributed by atoms with E-state index < -0.39 is 0 Å². The van der Waals surface area contributed by atoms with E-state index in [0.717, 1.165) is 25.9 Å². The Morgan fingerprint density at radius 1 is 1.42 bits per heavy atom. The van der Waals surface area contributed by atoms with Crippen LogP contribution in [0.4, 0.5) is 0 Å². The summed E-state index contributed by atoms with van der Waals surface area (Å²) in [5.41, 5.74) is 0.153. The first kappa shape index (κ1) is 8.52. The number of aliphatic hydroxyl groups excluding tert-OH is 1. The summed E-state index contributed by atoms with van der Waals surface area (Å²) >= 11 is 0. The van der Waals surface area contributed by atoms with Gasteiger partial charge >= 0.3 is 0 Å². The molecule has 12 heavy (non-hydrogen) atoms. The first-order valence-corrected chi connectivity index (χ1v) is 5.05. The lowest BCUT2D eigenvalue weighted by molar-refractivity contribution is -0.0688. The van der Waals surface area contributed by atoms with Crippen molar-refractivity contribution in [1.82, 2.24) is 0 Å². The van der Waals surface area contributed by atoms with Crippen LogP contribution in [0.3, 0.4) is 0 Å². The van der Waals surface area contributed by atoms with Crippen molar-refractivity contribution in [2.24, 2.45) is 5.41 Å². The van der Waals surface area contributed by atoms with Crippen molar-refractivity contribution < 1.29 is 9.84 Å². The molecule has 2 rings (SSSR count). The van der Waals surface area contributed by atoms with Gasteiger partial charge in [0, 0.05) is 12.0 Å². The fourth-order valence-corrected chi connectivity index (χ4v) is 2.35. The Bertz CT molecular complexity index is 155. The zero-order chi connectivity index (χ0) is 8.60. The van der Waals surface area contributed by atoms with E-state index in [9.17, 15) is 5.11 Å². The summed E-state index contributed by atoms with van der Waals surface area (Å²) < 4.78 is 5.71. The van der Waals surface area contributed by atoms with E-state index >= 15 is 0 Å². The predicted octanol–water partition coefficient (Wildman–Crippen LogP) is 1.72. The van der Waals surface area contributed by atoms with Crippen LogP contribution >= 0.6 is 0 Å². The van der Waals surface area contributed by atoms with Gasteiger partial charge < -0.3 is 9.84 Å². The fourth-order valence-electron chi connectivity index (χ4n) is 2.35. The highest BCUT2D eigenvalue weighted by Gasteiger charge is 2.53. The summed E-state index contributed by atoms with van der Waals surface area (Å²) in [7, 11) is 0. The van der Waals surface area contributed by atoms with Gasteiger partial charge in [0.25, 0.3) is 0 Å². The molecule has 0 radical (unpaired) electrons. The molecule has 2 nitrogen and oxygen atoms in total.